The van der Waals surface area contributed by atoms with Crippen LogP contribution in [0.15, 0.2) is 0 Å². The third-order valence-electron chi connectivity index (χ3n) is 2.25. The van der Waals surface area contributed by atoms with Gasteiger partial charge in [-0.2, -0.15) is 0 Å². The molecule has 0 saturated carbocycles. The molecule has 1 aliphatic rings. The van der Waals surface area contributed by atoms with Crippen molar-refractivity contribution in [3.8, 4) is 0 Å². The fourth-order valence-electron chi connectivity index (χ4n) is 1.59. The normalized spacial score (nSPS) is 21.5. The predicted molar refractivity (Wildman–Crippen MR) is 50.8 cm³/mol. The third-order valence-corrected chi connectivity index (χ3v) is 2.25. The highest BCUT2D eigenvalue weighted by atomic mass is 16.6. The first kappa shape index (κ1) is 10.8. The van der Waals surface area contributed by atoms with Crippen molar-refractivity contribution in [3.05, 3.63) is 0 Å². The first-order chi connectivity index (χ1) is 6.77. The Hall–Kier alpha value is -1.26. The second kappa shape index (κ2) is 5.47. The fraction of sp³-hybridized carbons (Fsp3) is 0.778. The molecule has 1 heterocycles. The molecule has 1 aliphatic heterocycles. The van der Waals surface area contributed by atoms with Crippen LogP contribution in [0.3, 0.4) is 0 Å². The first-order valence-corrected chi connectivity index (χ1v) is 4.89. The topological polar surface area (TPSA) is 58.6 Å². The average Bonchev–Trinajstić information content (AvgIpc) is 2.19. The van der Waals surface area contributed by atoms with Crippen molar-refractivity contribution in [3.63, 3.8) is 0 Å². The summed E-state index contributed by atoms with van der Waals surface area (Å²) in [5.41, 5.74) is 0. The van der Waals surface area contributed by atoms with E-state index in [2.05, 4.69) is 5.32 Å². The summed E-state index contributed by atoms with van der Waals surface area (Å²) < 4.78 is 4.88. The van der Waals surface area contributed by atoms with Gasteiger partial charge in [0.05, 0.1) is 6.61 Å². The number of hydrogen-bond acceptors (Lipinski definition) is 3. The molecule has 1 atom stereocenters. The number of nitrogens with zero attached hydrogens (tertiary/aromatic N) is 1. The molecule has 0 bridgehead atoms. The lowest BCUT2D eigenvalue weighted by Crippen LogP contribution is -2.47. The monoisotopic (exact) mass is 200 g/mol. The molecule has 5 heteroatoms. The quantitative estimate of drug-likeness (QED) is 0.669. The Morgan fingerprint density at radius 2 is 2.50 bits per heavy atom. The molecule has 0 aromatic rings. The summed E-state index contributed by atoms with van der Waals surface area (Å²) in [5.74, 6) is 0. The minimum Gasteiger partial charge on any atom is -0.450 e. The highest BCUT2D eigenvalue weighted by Gasteiger charge is 2.23. The number of nitrogens with one attached hydrogen (secondary N) is 1. The Balaban J connectivity index is 2.38. The van der Waals surface area contributed by atoms with Crippen molar-refractivity contribution in [2.75, 3.05) is 19.7 Å². The van der Waals surface area contributed by atoms with Gasteiger partial charge in [0, 0.05) is 19.1 Å². The van der Waals surface area contributed by atoms with Crippen LogP contribution in [-0.4, -0.2) is 43.1 Å². The van der Waals surface area contributed by atoms with Gasteiger partial charge >= 0.3 is 6.09 Å². The van der Waals surface area contributed by atoms with Gasteiger partial charge in [-0.15, -0.1) is 0 Å². The molecule has 1 fully saturated rings. The molecule has 5 nitrogen and oxygen atoms in total. The Bertz CT molecular complexity index is 208. The van der Waals surface area contributed by atoms with E-state index in [9.17, 15) is 9.59 Å². The molecule has 80 valence electrons. The molecule has 1 rings (SSSR count). The van der Waals surface area contributed by atoms with Crippen LogP contribution in [0.1, 0.15) is 19.8 Å². The van der Waals surface area contributed by atoms with Gasteiger partial charge in [-0.1, -0.05) is 0 Å². The second-order valence-electron chi connectivity index (χ2n) is 3.27. The highest BCUT2D eigenvalue weighted by molar-refractivity contribution is 5.67. The molecule has 1 N–H and O–H groups in total. The number of ether oxygens (including phenoxy) is 1. The van der Waals surface area contributed by atoms with E-state index in [4.69, 9.17) is 4.74 Å². The van der Waals surface area contributed by atoms with E-state index in [1.54, 1.807) is 11.8 Å². The van der Waals surface area contributed by atoms with E-state index < -0.39 is 0 Å². The molecular weight excluding hydrogens is 184 g/mol. The van der Waals surface area contributed by atoms with Crippen LogP contribution in [0, 0.1) is 0 Å². The van der Waals surface area contributed by atoms with Crippen LogP contribution < -0.4 is 5.32 Å². The Labute approximate surface area is 83.4 Å². The molecule has 1 unspecified atom stereocenters. The Kier molecular flexibility index (Phi) is 4.22. The Morgan fingerprint density at radius 3 is 3.14 bits per heavy atom. The van der Waals surface area contributed by atoms with Gasteiger partial charge in [0.1, 0.15) is 0 Å². The average molecular weight is 200 g/mol. The molecule has 0 aromatic carbocycles. The number of carbonyl (C=O) groups excluding carboxylic acids is 2. The smallest absolute Gasteiger partial charge is 0.409 e. The standard InChI is InChI=1S/C9H16N2O3/c1-2-14-9(13)11-5-3-4-8(6-11)10-7-12/h7-8H,2-6H2,1H3,(H,10,12). The molecule has 0 radical (unpaired) electrons. The minimum atomic E-state index is -0.287. The number of amides is 2. The van der Waals surface area contributed by atoms with Crippen LogP contribution in [0.4, 0.5) is 4.79 Å². The minimum absolute atomic E-state index is 0.0747. The molecule has 14 heavy (non-hydrogen) atoms. The maximum absolute atomic E-state index is 11.3. The summed E-state index contributed by atoms with van der Waals surface area (Å²) in [4.78, 5) is 23.2. The number of piperidine rings is 1. The van der Waals surface area contributed by atoms with Gasteiger partial charge in [0.25, 0.3) is 0 Å². The predicted octanol–water partition coefficient (Wildman–Crippen LogP) is 0.353. The lowest BCUT2D eigenvalue weighted by atomic mass is 10.1. The largest absolute Gasteiger partial charge is 0.450 e. The summed E-state index contributed by atoms with van der Waals surface area (Å²) in [6.45, 7) is 3.44. The van der Waals surface area contributed by atoms with Gasteiger partial charge in [0.15, 0.2) is 0 Å². The van der Waals surface area contributed by atoms with Gasteiger partial charge < -0.3 is 15.0 Å². The summed E-state index contributed by atoms with van der Waals surface area (Å²) >= 11 is 0. The number of hydrogen-bond donors (Lipinski definition) is 1. The van der Waals surface area contributed by atoms with E-state index in [0.29, 0.717) is 19.6 Å². The van der Waals surface area contributed by atoms with Gasteiger partial charge in [-0.05, 0) is 19.8 Å². The van der Waals surface area contributed by atoms with Crippen LogP contribution in [0.2, 0.25) is 0 Å². The lowest BCUT2D eigenvalue weighted by molar-refractivity contribution is -0.110. The maximum atomic E-state index is 11.3. The second-order valence-corrected chi connectivity index (χ2v) is 3.27. The fourth-order valence-corrected chi connectivity index (χ4v) is 1.59. The third kappa shape index (κ3) is 2.90. The molecule has 0 spiro atoms. The molecule has 0 aliphatic carbocycles. The maximum Gasteiger partial charge on any atom is 0.409 e. The van der Waals surface area contributed by atoms with E-state index >= 15 is 0 Å². The number of rotatable bonds is 3. The van der Waals surface area contributed by atoms with Crippen LogP contribution in [0.25, 0.3) is 0 Å². The van der Waals surface area contributed by atoms with E-state index in [-0.39, 0.29) is 12.1 Å². The van der Waals surface area contributed by atoms with Gasteiger partial charge in [-0.3, -0.25) is 4.79 Å². The van der Waals surface area contributed by atoms with Crippen LogP contribution >= 0.6 is 0 Å². The molecule has 2 amide bonds. The van der Waals surface area contributed by atoms with Crippen molar-refractivity contribution in [2.45, 2.75) is 25.8 Å². The van der Waals surface area contributed by atoms with Crippen LogP contribution in [0.5, 0.6) is 0 Å². The summed E-state index contributed by atoms with van der Waals surface area (Å²) in [6.07, 6.45) is 2.23. The zero-order valence-electron chi connectivity index (χ0n) is 8.36. The van der Waals surface area contributed by atoms with Gasteiger partial charge in [-0.25, -0.2) is 4.79 Å². The number of likely N-dealkylation sites (tertiary alicyclic amines) is 1. The van der Waals surface area contributed by atoms with E-state index in [0.717, 1.165) is 19.4 Å². The molecule has 1 saturated heterocycles. The van der Waals surface area contributed by atoms with Gasteiger partial charge in [0.2, 0.25) is 6.41 Å². The van der Waals surface area contributed by atoms with E-state index in [1.807, 2.05) is 0 Å². The van der Waals surface area contributed by atoms with Crippen molar-refractivity contribution in [2.24, 2.45) is 0 Å². The van der Waals surface area contributed by atoms with Crippen molar-refractivity contribution in [1.29, 1.82) is 0 Å². The van der Waals surface area contributed by atoms with E-state index in [1.165, 1.54) is 0 Å². The summed E-state index contributed by atoms with van der Waals surface area (Å²) in [6, 6.07) is 0.0747. The zero-order chi connectivity index (χ0) is 10.4. The zero-order valence-corrected chi connectivity index (χ0v) is 8.36. The Morgan fingerprint density at radius 1 is 1.71 bits per heavy atom. The first-order valence-electron chi connectivity index (χ1n) is 4.89. The SMILES string of the molecule is CCOC(=O)N1CCCC(NC=O)C1. The summed E-state index contributed by atoms with van der Waals surface area (Å²) in [7, 11) is 0. The lowest BCUT2D eigenvalue weighted by Gasteiger charge is -2.31. The van der Waals surface area contributed by atoms with Crippen LogP contribution in [-0.2, 0) is 9.53 Å². The molecule has 0 aromatic heterocycles. The summed E-state index contributed by atoms with van der Waals surface area (Å²) in [5, 5.41) is 2.68. The van der Waals surface area contributed by atoms with Crippen molar-refractivity contribution in [1.82, 2.24) is 10.2 Å². The highest BCUT2D eigenvalue weighted by Crippen LogP contribution is 2.10. The van der Waals surface area contributed by atoms with Crippen molar-refractivity contribution < 1.29 is 14.3 Å². The van der Waals surface area contributed by atoms with Crippen molar-refractivity contribution >= 4 is 12.5 Å². The molecular formula is C9H16N2O3. The number of carbonyl (C=O) groups is 2.